The summed E-state index contributed by atoms with van der Waals surface area (Å²) in [6, 6.07) is 17.6. The molecule has 2 aromatic rings. The Morgan fingerprint density at radius 2 is 1.68 bits per heavy atom. The quantitative estimate of drug-likeness (QED) is 0.773. The summed E-state index contributed by atoms with van der Waals surface area (Å²) in [6.07, 6.45) is 1.25. The number of anilines is 1. The van der Waals surface area contributed by atoms with E-state index in [4.69, 9.17) is 0 Å². The van der Waals surface area contributed by atoms with Crippen LogP contribution in [0.2, 0.25) is 0 Å². The predicted molar refractivity (Wildman–Crippen MR) is 84.9 cm³/mol. The minimum atomic E-state index is 0.661. The van der Waals surface area contributed by atoms with Crippen molar-refractivity contribution in [2.75, 3.05) is 18.0 Å². The molecule has 1 atom stereocenters. The molecule has 0 aliphatic carbocycles. The molecular weight excluding hydrogens is 298 g/mol. The van der Waals surface area contributed by atoms with Crippen LogP contribution >= 0.6 is 15.9 Å². The maximum atomic E-state index is 3.50. The SMILES string of the molecule is Cc1ccc(N2CCC(c3ccc(Br)cc3)C2)cc1. The molecule has 98 valence electrons. The van der Waals surface area contributed by atoms with E-state index in [1.54, 1.807) is 0 Å². The average molecular weight is 316 g/mol. The lowest BCUT2D eigenvalue weighted by molar-refractivity contribution is 0.775. The third-order valence-corrected chi connectivity index (χ3v) is 4.46. The summed E-state index contributed by atoms with van der Waals surface area (Å²) in [4.78, 5) is 2.49. The molecule has 0 saturated carbocycles. The Hall–Kier alpha value is -1.28. The van der Waals surface area contributed by atoms with E-state index in [0.29, 0.717) is 5.92 Å². The Labute approximate surface area is 123 Å². The molecule has 0 radical (unpaired) electrons. The maximum absolute atomic E-state index is 3.50. The van der Waals surface area contributed by atoms with Gasteiger partial charge in [0.2, 0.25) is 0 Å². The van der Waals surface area contributed by atoms with Gasteiger partial charge in [0.25, 0.3) is 0 Å². The van der Waals surface area contributed by atoms with Crippen LogP contribution in [-0.4, -0.2) is 13.1 Å². The highest BCUT2D eigenvalue weighted by Gasteiger charge is 2.23. The van der Waals surface area contributed by atoms with Crippen LogP contribution in [0, 0.1) is 6.92 Å². The Kier molecular flexibility index (Phi) is 3.61. The van der Waals surface area contributed by atoms with Crippen LogP contribution in [0.25, 0.3) is 0 Å². The highest BCUT2D eigenvalue weighted by atomic mass is 79.9. The van der Waals surface area contributed by atoms with Crippen LogP contribution in [0.15, 0.2) is 53.0 Å². The Bertz CT molecular complexity index is 493. The molecule has 1 unspecified atom stereocenters. The van der Waals surface area contributed by atoms with Crippen LogP contribution in [0.5, 0.6) is 0 Å². The first-order valence-corrected chi connectivity index (χ1v) is 7.59. The van der Waals surface area contributed by atoms with Gasteiger partial charge in [0, 0.05) is 29.2 Å². The van der Waals surface area contributed by atoms with E-state index < -0.39 is 0 Å². The molecule has 1 aliphatic rings. The van der Waals surface area contributed by atoms with Crippen molar-refractivity contribution in [3.8, 4) is 0 Å². The van der Waals surface area contributed by atoms with Crippen LogP contribution in [0.1, 0.15) is 23.5 Å². The minimum absolute atomic E-state index is 0.661. The van der Waals surface area contributed by atoms with Crippen molar-refractivity contribution in [1.29, 1.82) is 0 Å². The van der Waals surface area contributed by atoms with Gasteiger partial charge in [0.1, 0.15) is 0 Å². The summed E-state index contributed by atoms with van der Waals surface area (Å²) in [5.41, 5.74) is 4.13. The van der Waals surface area contributed by atoms with Gasteiger partial charge in [-0.15, -0.1) is 0 Å². The minimum Gasteiger partial charge on any atom is -0.371 e. The zero-order valence-electron chi connectivity index (χ0n) is 11.1. The first-order chi connectivity index (χ1) is 9.22. The molecule has 2 heteroatoms. The first kappa shape index (κ1) is 12.7. The molecule has 0 bridgehead atoms. The summed E-state index contributed by atoms with van der Waals surface area (Å²) in [7, 11) is 0. The number of nitrogens with zero attached hydrogens (tertiary/aromatic N) is 1. The van der Waals surface area contributed by atoms with Gasteiger partial charge in [-0.25, -0.2) is 0 Å². The van der Waals surface area contributed by atoms with Crippen molar-refractivity contribution in [3.05, 3.63) is 64.1 Å². The topological polar surface area (TPSA) is 3.24 Å². The third kappa shape index (κ3) is 2.84. The van der Waals surface area contributed by atoms with Gasteiger partial charge in [0.05, 0.1) is 0 Å². The van der Waals surface area contributed by atoms with E-state index in [-0.39, 0.29) is 0 Å². The van der Waals surface area contributed by atoms with Crippen molar-refractivity contribution in [1.82, 2.24) is 0 Å². The largest absolute Gasteiger partial charge is 0.371 e. The van der Waals surface area contributed by atoms with E-state index >= 15 is 0 Å². The fourth-order valence-corrected chi connectivity index (χ4v) is 3.02. The number of rotatable bonds is 2. The summed E-state index contributed by atoms with van der Waals surface area (Å²) in [5.74, 6) is 0.661. The van der Waals surface area contributed by atoms with Crippen LogP contribution in [-0.2, 0) is 0 Å². The van der Waals surface area contributed by atoms with Gasteiger partial charge in [-0.3, -0.25) is 0 Å². The second kappa shape index (κ2) is 5.38. The lowest BCUT2D eigenvalue weighted by atomic mass is 9.99. The zero-order valence-corrected chi connectivity index (χ0v) is 12.7. The summed E-state index contributed by atoms with van der Waals surface area (Å²) >= 11 is 3.50. The molecule has 0 spiro atoms. The first-order valence-electron chi connectivity index (χ1n) is 6.79. The summed E-state index contributed by atoms with van der Waals surface area (Å²) in [5, 5.41) is 0. The number of hydrogen-bond acceptors (Lipinski definition) is 1. The van der Waals surface area contributed by atoms with E-state index in [0.717, 1.165) is 17.6 Å². The van der Waals surface area contributed by atoms with Gasteiger partial charge >= 0.3 is 0 Å². The smallest absolute Gasteiger partial charge is 0.0366 e. The lowest BCUT2D eigenvalue weighted by Gasteiger charge is -2.19. The zero-order chi connectivity index (χ0) is 13.2. The summed E-state index contributed by atoms with van der Waals surface area (Å²) < 4.78 is 1.16. The molecule has 1 fully saturated rings. The monoisotopic (exact) mass is 315 g/mol. The molecule has 1 saturated heterocycles. The van der Waals surface area contributed by atoms with Crippen LogP contribution in [0.4, 0.5) is 5.69 Å². The average Bonchev–Trinajstić information content (AvgIpc) is 2.90. The predicted octanol–water partition coefficient (Wildman–Crippen LogP) is 4.75. The van der Waals surface area contributed by atoms with Crippen molar-refractivity contribution < 1.29 is 0 Å². The van der Waals surface area contributed by atoms with E-state index in [9.17, 15) is 0 Å². The van der Waals surface area contributed by atoms with E-state index in [1.165, 1.54) is 23.2 Å². The van der Waals surface area contributed by atoms with Crippen LogP contribution < -0.4 is 4.90 Å². The van der Waals surface area contributed by atoms with Gasteiger partial charge in [-0.1, -0.05) is 45.8 Å². The Morgan fingerprint density at radius 3 is 2.37 bits per heavy atom. The molecule has 0 N–H and O–H groups in total. The molecule has 1 nitrogen and oxygen atoms in total. The molecule has 0 amide bonds. The molecule has 2 aromatic carbocycles. The number of halogens is 1. The van der Waals surface area contributed by atoms with Crippen molar-refractivity contribution in [2.24, 2.45) is 0 Å². The second-order valence-corrected chi connectivity index (χ2v) is 6.23. The standard InChI is InChI=1S/C17H18BrN/c1-13-2-8-17(9-3-13)19-11-10-15(12-19)14-4-6-16(18)7-5-14/h2-9,15H,10-12H2,1H3. The van der Waals surface area contributed by atoms with Gasteiger partial charge in [0.15, 0.2) is 0 Å². The number of aryl methyl sites for hydroxylation is 1. The lowest BCUT2D eigenvalue weighted by Crippen LogP contribution is -2.18. The van der Waals surface area contributed by atoms with Gasteiger partial charge in [-0.05, 0) is 43.2 Å². The molecular formula is C17H18BrN. The van der Waals surface area contributed by atoms with Crippen molar-refractivity contribution in [2.45, 2.75) is 19.3 Å². The van der Waals surface area contributed by atoms with Crippen molar-refractivity contribution >= 4 is 21.6 Å². The second-order valence-electron chi connectivity index (χ2n) is 5.32. The Morgan fingerprint density at radius 1 is 1.00 bits per heavy atom. The maximum Gasteiger partial charge on any atom is 0.0366 e. The highest BCUT2D eigenvalue weighted by molar-refractivity contribution is 9.10. The number of hydrogen-bond donors (Lipinski definition) is 0. The molecule has 0 aromatic heterocycles. The number of benzene rings is 2. The Balaban J connectivity index is 1.73. The third-order valence-electron chi connectivity index (χ3n) is 3.93. The molecule has 3 rings (SSSR count). The molecule has 19 heavy (non-hydrogen) atoms. The van der Waals surface area contributed by atoms with Crippen molar-refractivity contribution in [3.63, 3.8) is 0 Å². The highest BCUT2D eigenvalue weighted by Crippen LogP contribution is 2.31. The van der Waals surface area contributed by atoms with Gasteiger partial charge in [-0.2, -0.15) is 0 Å². The summed E-state index contributed by atoms with van der Waals surface area (Å²) in [6.45, 7) is 4.42. The normalized spacial score (nSPS) is 18.8. The van der Waals surface area contributed by atoms with E-state index in [1.807, 2.05) is 0 Å². The fourth-order valence-electron chi connectivity index (χ4n) is 2.76. The fraction of sp³-hybridized carbons (Fsp3) is 0.294. The van der Waals surface area contributed by atoms with E-state index in [2.05, 4.69) is 76.3 Å². The molecule has 1 aliphatic heterocycles. The van der Waals surface area contributed by atoms with Crippen LogP contribution in [0.3, 0.4) is 0 Å². The van der Waals surface area contributed by atoms with Gasteiger partial charge < -0.3 is 4.90 Å². The molecule has 1 heterocycles.